The molecular weight excluding hydrogens is 348 g/mol. The van der Waals surface area contributed by atoms with E-state index in [-0.39, 0.29) is 11.6 Å². The van der Waals surface area contributed by atoms with Gasteiger partial charge in [-0.2, -0.15) is 0 Å². The highest BCUT2D eigenvalue weighted by molar-refractivity contribution is 7.13. The summed E-state index contributed by atoms with van der Waals surface area (Å²) in [5.74, 6) is 0.120. The highest BCUT2D eigenvalue weighted by atomic mass is 32.1. The molecule has 4 rings (SSSR count). The third kappa shape index (κ3) is 3.07. The number of hydrogen-bond acceptors (Lipinski definition) is 5. The number of aromatic nitrogens is 3. The van der Waals surface area contributed by atoms with Crippen LogP contribution in [0, 0.1) is 0 Å². The van der Waals surface area contributed by atoms with Crippen molar-refractivity contribution in [3.8, 4) is 22.1 Å². The molecule has 128 valence electrons. The summed E-state index contributed by atoms with van der Waals surface area (Å²) in [7, 11) is 0. The van der Waals surface area contributed by atoms with Crippen molar-refractivity contribution >= 4 is 22.9 Å². The number of phenols is 1. The maximum absolute atomic E-state index is 12.6. The quantitative estimate of drug-likeness (QED) is 0.539. The highest BCUT2D eigenvalue weighted by Gasteiger charge is 2.20. The van der Waals surface area contributed by atoms with Crippen LogP contribution >= 0.6 is 11.3 Å². The number of hydrogen-bond donors (Lipinski definition) is 2. The van der Waals surface area contributed by atoms with Crippen LogP contribution in [-0.4, -0.2) is 25.8 Å². The van der Waals surface area contributed by atoms with Crippen LogP contribution in [0.15, 0.2) is 72.1 Å². The summed E-state index contributed by atoms with van der Waals surface area (Å²) in [6, 6.07) is 19.9. The molecule has 1 amide bonds. The zero-order valence-corrected chi connectivity index (χ0v) is 14.4. The van der Waals surface area contributed by atoms with Crippen LogP contribution in [0.4, 0.5) is 5.69 Å². The number of aromatic hydroxyl groups is 1. The van der Waals surface area contributed by atoms with E-state index < -0.39 is 5.91 Å². The minimum Gasteiger partial charge on any atom is -0.506 e. The summed E-state index contributed by atoms with van der Waals surface area (Å²) >= 11 is 1.52. The van der Waals surface area contributed by atoms with Gasteiger partial charge < -0.3 is 10.4 Å². The molecule has 2 heterocycles. The van der Waals surface area contributed by atoms with Crippen molar-refractivity contribution in [3.63, 3.8) is 0 Å². The van der Waals surface area contributed by atoms with Gasteiger partial charge in [0.05, 0.1) is 16.3 Å². The Balaban J connectivity index is 1.74. The van der Waals surface area contributed by atoms with Gasteiger partial charge in [-0.1, -0.05) is 36.4 Å². The molecule has 0 radical (unpaired) electrons. The standard InChI is InChI=1S/C19H14N4O2S/c24-15-10-5-4-9-14(15)20-19(25)17-21-18(16-11-6-12-26-16)23(22-17)13-7-2-1-3-8-13/h1-12,24H,(H,20,25). The molecule has 0 saturated heterocycles. The van der Waals surface area contributed by atoms with Gasteiger partial charge in [-0.3, -0.25) is 4.79 Å². The Bertz CT molecular complexity index is 1040. The second kappa shape index (κ2) is 6.81. The average Bonchev–Trinajstić information content (AvgIpc) is 3.34. The van der Waals surface area contributed by atoms with Crippen molar-refractivity contribution < 1.29 is 9.90 Å². The van der Waals surface area contributed by atoms with Crippen molar-refractivity contribution in [2.24, 2.45) is 0 Å². The summed E-state index contributed by atoms with van der Waals surface area (Å²) in [5, 5.41) is 18.8. The second-order valence-electron chi connectivity index (χ2n) is 5.45. The summed E-state index contributed by atoms with van der Waals surface area (Å²) in [4.78, 5) is 17.9. The van der Waals surface area contributed by atoms with Gasteiger partial charge in [0, 0.05) is 0 Å². The predicted molar refractivity (Wildman–Crippen MR) is 101 cm³/mol. The van der Waals surface area contributed by atoms with E-state index >= 15 is 0 Å². The number of anilines is 1. The summed E-state index contributed by atoms with van der Waals surface area (Å²) in [5.41, 5.74) is 1.12. The number of carbonyl (C=O) groups is 1. The molecule has 0 spiro atoms. The first-order valence-electron chi connectivity index (χ1n) is 7.88. The van der Waals surface area contributed by atoms with Gasteiger partial charge in [-0.15, -0.1) is 16.4 Å². The third-order valence-corrected chi connectivity index (χ3v) is 4.57. The monoisotopic (exact) mass is 362 g/mol. The Hall–Kier alpha value is -3.45. The maximum Gasteiger partial charge on any atom is 0.295 e. The molecule has 0 saturated carbocycles. The molecule has 2 aromatic heterocycles. The molecule has 0 unspecified atom stereocenters. The normalized spacial score (nSPS) is 10.6. The Morgan fingerprint density at radius 3 is 2.50 bits per heavy atom. The molecule has 0 atom stereocenters. The minimum absolute atomic E-state index is 0.0122. The van der Waals surface area contributed by atoms with Gasteiger partial charge in [-0.05, 0) is 35.7 Å². The van der Waals surface area contributed by atoms with Crippen molar-refractivity contribution in [1.82, 2.24) is 14.8 Å². The van der Waals surface area contributed by atoms with E-state index in [9.17, 15) is 9.90 Å². The molecule has 26 heavy (non-hydrogen) atoms. The van der Waals surface area contributed by atoms with Crippen molar-refractivity contribution in [2.45, 2.75) is 0 Å². The van der Waals surface area contributed by atoms with E-state index in [1.807, 2.05) is 47.8 Å². The summed E-state index contributed by atoms with van der Waals surface area (Å²) < 4.78 is 1.64. The molecule has 2 aromatic carbocycles. The molecular formula is C19H14N4O2S. The third-order valence-electron chi connectivity index (χ3n) is 3.70. The number of nitrogens with zero attached hydrogens (tertiary/aromatic N) is 3. The SMILES string of the molecule is O=C(Nc1ccccc1O)c1nc(-c2cccs2)n(-c2ccccc2)n1. The number of benzene rings is 2. The van der Waals surface area contributed by atoms with E-state index in [0.717, 1.165) is 10.6 Å². The number of nitrogens with one attached hydrogen (secondary N) is 1. The first-order chi connectivity index (χ1) is 12.7. The zero-order valence-electron chi connectivity index (χ0n) is 13.5. The molecule has 0 aliphatic rings. The van der Waals surface area contributed by atoms with Crippen molar-refractivity contribution in [3.05, 3.63) is 77.9 Å². The number of amides is 1. The van der Waals surface area contributed by atoms with Crippen molar-refractivity contribution in [2.75, 3.05) is 5.32 Å². The first kappa shape index (κ1) is 16.0. The van der Waals surface area contributed by atoms with Crippen LogP contribution in [0.2, 0.25) is 0 Å². The topological polar surface area (TPSA) is 80.0 Å². The Morgan fingerprint density at radius 1 is 1.00 bits per heavy atom. The molecule has 0 aliphatic heterocycles. The van der Waals surface area contributed by atoms with Gasteiger partial charge in [0.1, 0.15) is 5.75 Å². The summed E-state index contributed by atoms with van der Waals surface area (Å²) in [6.07, 6.45) is 0. The molecule has 6 nitrogen and oxygen atoms in total. The molecule has 0 aliphatic carbocycles. The lowest BCUT2D eigenvalue weighted by Gasteiger charge is -2.04. The van der Waals surface area contributed by atoms with E-state index in [4.69, 9.17) is 0 Å². The highest BCUT2D eigenvalue weighted by Crippen LogP contribution is 2.26. The molecule has 7 heteroatoms. The largest absolute Gasteiger partial charge is 0.506 e. The van der Waals surface area contributed by atoms with Crippen molar-refractivity contribution in [1.29, 1.82) is 0 Å². The number of para-hydroxylation sites is 3. The van der Waals surface area contributed by atoms with Crippen LogP contribution < -0.4 is 5.32 Å². The number of phenolic OH excluding ortho intramolecular Hbond substituents is 1. The van der Waals surface area contributed by atoms with E-state index in [0.29, 0.717) is 11.5 Å². The van der Waals surface area contributed by atoms with E-state index in [1.165, 1.54) is 17.4 Å². The minimum atomic E-state index is -0.487. The second-order valence-corrected chi connectivity index (χ2v) is 6.40. The Morgan fingerprint density at radius 2 is 1.77 bits per heavy atom. The van der Waals surface area contributed by atoms with E-state index in [2.05, 4.69) is 15.4 Å². The molecule has 0 fully saturated rings. The predicted octanol–water partition coefficient (Wildman–Crippen LogP) is 3.95. The van der Waals surface area contributed by atoms with Crippen LogP contribution in [0.3, 0.4) is 0 Å². The number of thiophene rings is 1. The first-order valence-corrected chi connectivity index (χ1v) is 8.76. The van der Waals surface area contributed by atoms with E-state index in [1.54, 1.807) is 22.9 Å². The maximum atomic E-state index is 12.6. The zero-order chi connectivity index (χ0) is 17.9. The van der Waals surface area contributed by atoms with Gasteiger partial charge in [-0.25, -0.2) is 9.67 Å². The average molecular weight is 362 g/mol. The fourth-order valence-electron chi connectivity index (χ4n) is 2.48. The lowest BCUT2D eigenvalue weighted by Crippen LogP contribution is -2.14. The number of rotatable bonds is 4. The van der Waals surface area contributed by atoms with Gasteiger partial charge in [0.25, 0.3) is 5.91 Å². The fraction of sp³-hybridized carbons (Fsp3) is 0. The summed E-state index contributed by atoms with van der Waals surface area (Å²) in [6.45, 7) is 0. The molecule has 4 aromatic rings. The van der Waals surface area contributed by atoms with Crippen LogP contribution in [0.5, 0.6) is 5.75 Å². The smallest absolute Gasteiger partial charge is 0.295 e. The van der Waals surface area contributed by atoms with Crippen LogP contribution in [-0.2, 0) is 0 Å². The lowest BCUT2D eigenvalue weighted by atomic mass is 10.3. The Kier molecular flexibility index (Phi) is 4.20. The van der Waals surface area contributed by atoms with Crippen LogP contribution in [0.1, 0.15) is 10.6 Å². The fourth-order valence-corrected chi connectivity index (χ4v) is 3.18. The Labute approximate surface area is 153 Å². The van der Waals surface area contributed by atoms with Gasteiger partial charge in [0.2, 0.25) is 5.82 Å². The van der Waals surface area contributed by atoms with Gasteiger partial charge in [0.15, 0.2) is 5.82 Å². The molecule has 0 bridgehead atoms. The van der Waals surface area contributed by atoms with Crippen LogP contribution in [0.25, 0.3) is 16.4 Å². The lowest BCUT2D eigenvalue weighted by molar-refractivity contribution is 0.101. The van der Waals surface area contributed by atoms with Gasteiger partial charge >= 0.3 is 0 Å². The number of carbonyl (C=O) groups excluding carboxylic acids is 1. The molecule has 2 N–H and O–H groups in total.